The molecule has 1 aromatic rings. The summed E-state index contributed by atoms with van der Waals surface area (Å²) < 4.78 is 14.6. The highest BCUT2D eigenvalue weighted by Gasteiger charge is 2.26. The molecule has 15 heavy (non-hydrogen) atoms. The third kappa shape index (κ3) is 2.34. The van der Waals surface area contributed by atoms with E-state index in [1.165, 1.54) is 0 Å². The summed E-state index contributed by atoms with van der Waals surface area (Å²) in [5.74, 6) is -0.213. The highest BCUT2D eigenvalue weighted by molar-refractivity contribution is 5.92. The van der Waals surface area contributed by atoms with E-state index < -0.39 is 6.17 Å². The summed E-state index contributed by atoms with van der Waals surface area (Å²) in [6.45, 7) is 0. The molecular formula is C10H14FN3O. The minimum Gasteiger partial charge on any atom is -0.348 e. The van der Waals surface area contributed by atoms with Gasteiger partial charge in [0.05, 0.1) is 6.33 Å². The lowest BCUT2D eigenvalue weighted by atomic mass is 10.2. The zero-order valence-corrected chi connectivity index (χ0v) is 8.61. The molecule has 1 amide bonds. The molecule has 0 saturated heterocycles. The minimum absolute atomic E-state index is 0.0329. The van der Waals surface area contributed by atoms with Gasteiger partial charge in [-0.2, -0.15) is 0 Å². The summed E-state index contributed by atoms with van der Waals surface area (Å²) in [5.41, 5.74) is 0.389. The van der Waals surface area contributed by atoms with Crippen molar-refractivity contribution in [3.63, 3.8) is 0 Å². The van der Waals surface area contributed by atoms with Gasteiger partial charge in [0.15, 0.2) is 0 Å². The van der Waals surface area contributed by atoms with E-state index in [4.69, 9.17) is 0 Å². The highest BCUT2D eigenvalue weighted by atomic mass is 19.1. The van der Waals surface area contributed by atoms with Crippen LogP contribution >= 0.6 is 0 Å². The van der Waals surface area contributed by atoms with Crippen molar-refractivity contribution in [1.82, 2.24) is 14.9 Å². The number of rotatable bonds is 2. The van der Waals surface area contributed by atoms with Crippen LogP contribution in [0, 0.1) is 0 Å². The number of carbonyl (C=O) groups excluding carboxylic acids is 1. The Morgan fingerprint density at radius 2 is 2.47 bits per heavy atom. The number of nitrogens with one attached hydrogen (secondary N) is 1. The van der Waals surface area contributed by atoms with Gasteiger partial charge in [-0.05, 0) is 19.3 Å². The fourth-order valence-corrected chi connectivity index (χ4v) is 1.85. The van der Waals surface area contributed by atoms with Gasteiger partial charge in [-0.3, -0.25) is 4.79 Å². The van der Waals surface area contributed by atoms with Gasteiger partial charge < -0.3 is 9.88 Å². The molecule has 1 aliphatic carbocycles. The predicted molar refractivity (Wildman–Crippen MR) is 53.2 cm³/mol. The van der Waals surface area contributed by atoms with E-state index in [1.807, 2.05) is 0 Å². The van der Waals surface area contributed by atoms with Crippen LogP contribution in [0.1, 0.15) is 29.8 Å². The molecular weight excluding hydrogens is 197 g/mol. The van der Waals surface area contributed by atoms with Crippen LogP contribution in [0.4, 0.5) is 4.39 Å². The number of aromatic nitrogens is 2. The molecule has 0 aliphatic heterocycles. The number of nitrogens with zero attached hydrogens (tertiary/aromatic N) is 2. The molecule has 4 nitrogen and oxygen atoms in total. The molecule has 0 radical (unpaired) electrons. The molecule has 1 fully saturated rings. The lowest BCUT2D eigenvalue weighted by molar-refractivity contribution is 0.0932. The first kappa shape index (κ1) is 10.1. The summed E-state index contributed by atoms with van der Waals surface area (Å²) in [5, 5.41) is 2.78. The molecule has 2 unspecified atom stereocenters. The van der Waals surface area contributed by atoms with Crippen molar-refractivity contribution in [3.8, 4) is 0 Å². The summed E-state index contributed by atoms with van der Waals surface area (Å²) in [6.07, 6.45) is 4.16. The number of hydrogen-bond acceptors (Lipinski definition) is 2. The molecule has 82 valence electrons. The number of amides is 1. The lowest BCUT2D eigenvalue weighted by Crippen LogP contribution is -2.33. The van der Waals surface area contributed by atoms with Gasteiger partial charge in [-0.1, -0.05) is 0 Å². The molecule has 1 saturated carbocycles. The number of aryl methyl sites for hydroxylation is 1. The number of hydrogen-bond donors (Lipinski definition) is 1. The van der Waals surface area contributed by atoms with Crippen molar-refractivity contribution in [3.05, 3.63) is 18.2 Å². The van der Waals surface area contributed by atoms with E-state index in [1.54, 1.807) is 24.1 Å². The van der Waals surface area contributed by atoms with E-state index >= 15 is 0 Å². The molecule has 2 atom stereocenters. The fourth-order valence-electron chi connectivity index (χ4n) is 1.85. The average molecular weight is 211 g/mol. The van der Waals surface area contributed by atoms with E-state index in [0.717, 1.165) is 6.42 Å². The molecule has 0 bridgehead atoms. The summed E-state index contributed by atoms with van der Waals surface area (Å²) in [4.78, 5) is 15.5. The van der Waals surface area contributed by atoms with Gasteiger partial charge in [-0.15, -0.1) is 0 Å². The average Bonchev–Trinajstić information content (AvgIpc) is 2.75. The van der Waals surface area contributed by atoms with Crippen molar-refractivity contribution in [1.29, 1.82) is 0 Å². The molecule has 5 heteroatoms. The van der Waals surface area contributed by atoms with Crippen molar-refractivity contribution < 1.29 is 9.18 Å². The van der Waals surface area contributed by atoms with Crippen LogP contribution in [-0.2, 0) is 7.05 Å². The Labute approximate surface area is 87.5 Å². The Balaban J connectivity index is 1.92. The van der Waals surface area contributed by atoms with Crippen molar-refractivity contribution in [2.24, 2.45) is 7.05 Å². The zero-order chi connectivity index (χ0) is 10.8. The Kier molecular flexibility index (Phi) is 2.70. The monoisotopic (exact) mass is 211 g/mol. The van der Waals surface area contributed by atoms with Gasteiger partial charge in [0.2, 0.25) is 0 Å². The minimum atomic E-state index is -0.765. The van der Waals surface area contributed by atoms with Crippen molar-refractivity contribution in [2.45, 2.75) is 31.5 Å². The molecule has 1 N–H and O–H groups in total. The topological polar surface area (TPSA) is 46.9 Å². The second kappa shape index (κ2) is 4.00. The number of alkyl halides is 1. The SMILES string of the molecule is Cn1cnc(C(=O)NC2CCC(F)C2)c1. The molecule has 1 aromatic heterocycles. The summed E-state index contributed by atoms with van der Waals surface area (Å²) in [7, 11) is 1.80. The van der Waals surface area contributed by atoms with Crippen LogP contribution in [-0.4, -0.2) is 27.7 Å². The molecule has 1 aliphatic rings. The first-order valence-electron chi connectivity index (χ1n) is 5.08. The van der Waals surface area contributed by atoms with Crippen LogP contribution in [0.5, 0.6) is 0 Å². The van der Waals surface area contributed by atoms with E-state index in [2.05, 4.69) is 10.3 Å². The normalized spacial score (nSPS) is 25.5. The summed E-state index contributed by atoms with van der Waals surface area (Å²) in [6, 6.07) is -0.0329. The third-order valence-corrected chi connectivity index (χ3v) is 2.64. The second-order valence-electron chi connectivity index (χ2n) is 4.01. The molecule has 2 rings (SSSR count). The third-order valence-electron chi connectivity index (χ3n) is 2.64. The smallest absolute Gasteiger partial charge is 0.271 e. The lowest BCUT2D eigenvalue weighted by Gasteiger charge is -2.09. The maximum absolute atomic E-state index is 12.9. The number of halogens is 1. The van der Waals surface area contributed by atoms with Gasteiger partial charge in [0, 0.05) is 19.3 Å². The van der Waals surface area contributed by atoms with Crippen molar-refractivity contribution in [2.75, 3.05) is 0 Å². The first-order chi connectivity index (χ1) is 7.15. The molecule has 0 aromatic carbocycles. The Bertz CT molecular complexity index is 363. The standard InChI is InChI=1S/C10H14FN3O/c1-14-5-9(12-6-14)10(15)13-8-3-2-7(11)4-8/h5-8H,2-4H2,1H3,(H,13,15). The van der Waals surface area contributed by atoms with E-state index in [9.17, 15) is 9.18 Å². The quantitative estimate of drug-likeness (QED) is 0.794. The highest BCUT2D eigenvalue weighted by Crippen LogP contribution is 2.21. The van der Waals surface area contributed by atoms with E-state index in [-0.39, 0.29) is 11.9 Å². The second-order valence-corrected chi connectivity index (χ2v) is 4.01. The van der Waals surface area contributed by atoms with Gasteiger partial charge in [0.25, 0.3) is 5.91 Å². The van der Waals surface area contributed by atoms with Crippen LogP contribution < -0.4 is 5.32 Å². The van der Waals surface area contributed by atoms with Gasteiger partial charge in [0.1, 0.15) is 11.9 Å². The van der Waals surface area contributed by atoms with Gasteiger partial charge >= 0.3 is 0 Å². The van der Waals surface area contributed by atoms with Crippen LogP contribution in [0.15, 0.2) is 12.5 Å². The number of carbonyl (C=O) groups is 1. The maximum atomic E-state index is 12.9. The maximum Gasteiger partial charge on any atom is 0.271 e. The zero-order valence-electron chi connectivity index (χ0n) is 8.61. The Hall–Kier alpha value is -1.39. The molecule has 1 heterocycles. The largest absolute Gasteiger partial charge is 0.348 e. The van der Waals surface area contributed by atoms with Crippen molar-refractivity contribution >= 4 is 5.91 Å². The number of imidazole rings is 1. The fraction of sp³-hybridized carbons (Fsp3) is 0.600. The van der Waals surface area contributed by atoms with Crippen LogP contribution in [0.25, 0.3) is 0 Å². The predicted octanol–water partition coefficient (Wildman–Crippen LogP) is 1.04. The first-order valence-corrected chi connectivity index (χ1v) is 5.08. The summed E-state index contributed by atoms with van der Waals surface area (Å²) >= 11 is 0. The van der Waals surface area contributed by atoms with Crippen LogP contribution in [0.2, 0.25) is 0 Å². The van der Waals surface area contributed by atoms with Crippen LogP contribution in [0.3, 0.4) is 0 Å². The van der Waals surface area contributed by atoms with E-state index in [0.29, 0.717) is 18.5 Å². The molecule has 0 spiro atoms. The Morgan fingerprint density at radius 1 is 1.67 bits per heavy atom. The Morgan fingerprint density at radius 3 is 3.00 bits per heavy atom. The van der Waals surface area contributed by atoms with Gasteiger partial charge in [-0.25, -0.2) is 9.37 Å².